The van der Waals surface area contributed by atoms with Gasteiger partial charge in [-0.25, -0.2) is 0 Å². The zero-order chi connectivity index (χ0) is 15.8. The van der Waals surface area contributed by atoms with Crippen LogP contribution < -0.4 is 9.47 Å². The highest BCUT2D eigenvalue weighted by molar-refractivity contribution is 5.98. The number of carbonyl (C=O) groups excluding carboxylic acids is 2. The Kier molecular flexibility index (Phi) is 3.71. The Morgan fingerprint density at radius 3 is 2.78 bits per heavy atom. The summed E-state index contributed by atoms with van der Waals surface area (Å²) in [6.45, 7) is -0.0369. The minimum Gasteiger partial charge on any atom is -0.457 e. The molecule has 4 rings (SSSR count). The van der Waals surface area contributed by atoms with Gasteiger partial charge in [-0.2, -0.15) is 0 Å². The van der Waals surface area contributed by atoms with Gasteiger partial charge in [-0.05, 0) is 55.2 Å². The fourth-order valence-corrected chi connectivity index (χ4v) is 4.20. The van der Waals surface area contributed by atoms with Gasteiger partial charge in [0.2, 0.25) is 6.79 Å². The molecule has 0 spiro atoms. The van der Waals surface area contributed by atoms with Crippen molar-refractivity contribution in [3.63, 3.8) is 0 Å². The SMILES string of the molecule is O=C(C[C@H]1C[C@@H]2CC[C@@H]1C2)OCC(=O)c1ccc2c(c1)OCO2. The number of benzene rings is 1. The Morgan fingerprint density at radius 1 is 1.13 bits per heavy atom. The van der Waals surface area contributed by atoms with Crippen molar-refractivity contribution in [2.45, 2.75) is 32.1 Å². The van der Waals surface area contributed by atoms with E-state index in [0.29, 0.717) is 35.3 Å². The number of ether oxygens (including phenoxy) is 3. The summed E-state index contributed by atoms with van der Waals surface area (Å²) in [5.41, 5.74) is 0.474. The van der Waals surface area contributed by atoms with Crippen molar-refractivity contribution in [3.8, 4) is 11.5 Å². The normalized spacial score (nSPS) is 27.2. The standard InChI is InChI=1S/C18H20O5/c19-15(13-3-4-16-17(7-13)23-10-22-16)9-21-18(20)8-14-6-11-1-2-12(14)5-11/h3-4,7,11-12,14H,1-2,5-6,8-10H2/t11-,12-,14-/m1/s1. The Morgan fingerprint density at radius 2 is 2.00 bits per heavy atom. The van der Waals surface area contributed by atoms with Gasteiger partial charge in [0.1, 0.15) is 0 Å². The van der Waals surface area contributed by atoms with E-state index in [-0.39, 0.29) is 25.2 Å². The second-order valence-electron chi connectivity index (χ2n) is 6.79. The number of fused-ring (bicyclic) bond motifs is 3. The molecule has 2 aliphatic carbocycles. The van der Waals surface area contributed by atoms with E-state index in [1.807, 2.05) is 0 Å². The topological polar surface area (TPSA) is 61.8 Å². The van der Waals surface area contributed by atoms with Gasteiger partial charge >= 0.3 is 5.97 Å². The van der Waals surface area contributed by atoms with Crippen molar-refractivity contribution in [3.05, 3.63) is 23.8 Å². The summed E-state index contributed by atoms with van der Waals surface area (Å²) >= 11 is 0. The first kappa shape index (κ1) is 14.5. The van der Waals surface area contributed by atoms with Crippen LogP contribution in [-0.2, 0) is 9.53 Å². The molecule has 1 aromatic carbocycles. The third kappa shape index (κ3) is 2.92. The summed E-state index contributed by atoms with van der Waals surface area (Å²) in [6.07, 6.45) is 5.44. The highest BCUT2D eigenvalue weighted by Gasteiger charge is 2.40. The van der Waals surface area contributed by atoms with E-state index in [1.165, 1.54) is 19.3 Å². The predicted octanol–water partition coefficient (Wildman–Crippen LogP) is 2.97. The van der Waals surface area contributed by atoms with Crippen molar-refractivity contribution in [2.24, 2.45) is 17.8 Å². The van der Waals surface area contributed by atoms with Crippen LogP contribution in [0.3, 0.4) is 0 Å². The van der Waals surface area contributed by atoms with Gasteiger partial charge in [-0.3, -0.25) is 9.59 Å². The maximum atomic E-state index is 12.1. The zero-order valence-electron chi connectivity index (χ0n) is 13.0. The smallest absolute Gasteiger partial charge is 0.306 e. The molecule has 2 bridgehead atoms. The fraction of sp³-hybridized carbons (Fsp3) is 0.556. The first-order valence-electron chi connectivity index (χ1n) is 8.27. The maximum Gasteiger partial charge on any atom is 0.306 e. The van der Waals surface area contributed by atoms with E-state index in [9.17, 15) is 9.59 Å². The summed E-state index contributed by atoms with van der Waals surface area (Å²) in [7, 11) is 0. The van der Waals surface area contributed by atoms with Crippen LogP contribution in [0.15, 0.2) is 18.2 Å². The second-order valence-corrected chi connectivity index (χ2v) is 6.79. The summed E-state index contributed by atoms with van der Waals surface area (Å²) in [4.78, 5) is 24.1. The molecule has 23 heavy (non-hydrogen) atoms. The maximum absolute atomic E-state index is 12.1. The molecule has 0 amide bonds. The lowest BCUT2D eigenvalue weighted by Crippen LogP contribution is -2.19. The summed E-state index contributed by atoms with van der Waals surface area (Å²) < 4.78 is 15.6. The fourth-order valence-electron chi connectivity index (χ4n) is 4.20. The number of Topliss-reactive ketones (excluding diaryl/α,β-unsaturated/α-hetero) is 1. The van der Waals surface area contributed by atoms with Crippen LogP contribution >= 0.6 is 0 Å². The van der Waals surface area contributed by atoms with E-state index in [4.69, 9.17) is 14.2 Å². The molecule has 0 N–H and O–H groups in total. The van der Waals surface area contributed by atoms with Gasteiger partial charge in [-0.1, -0.05) is 6.42 Å². The Hall–Kier alpha value is -2.04. The van der Waals surface area contributed by atoms with Gasteiger partial charge < -0.3 is 14.2 Å². The number of rotatable bonds is 5. The lowest BCUT2D eigenvalue weighted by atomic mass is 9.86. The van der Waals surface area contributed by atoms with Gasteiger partial charge in [-0.15, -0.1) is 0 Å². The van der Waals surface area contributed by atoms with Crippen LogP contribution in [0.4, 0.5) is 0 Å². The second kappa shape index (κ2) is 5.87. The van der Waals surface area contributed by atoms with Crippen molar-refractivity contribution < 1.29 is 23.8 Å². The average molecular weight is 316 g/mol. The minimum absolute atomic E-state index is 0.172. The zero-order valence-corrected chi connectivity index (χ0v) is 13.0. The summed E-state index contributed by atoms with van der Waals surface area (Å²) in [5.74, 6) is 2.69. The van der Waals surface area contributed by atoms with Crippen LogP contribution in [0.2, 0.25) is 0 Å². The number of hydrogen-bond acceptors (Lipinski definition) is 5. The van der Waals surface area contributed by atoms with Crippen molar-refractivity contribution in [1.29, 1.82) is 0 Å². The molecular weight excluding hydrogens is 296 g/mol. The van der Waals surface area contributed by atoms with Gasteiger partial charge in [0, 0.05) is 12.0 Å². The highest BCUT2D eigenvalue weighted by atomic mass is 16.7. The van der Waals surface area contributed by atoms with Crippen LogP contribution in [0.1, 0.15) is 42.5 Å². The number of ketones is 1. The summed E-state index contributed by atoms with van der Waals surface area (Å²) in [5, 5.41) is 0. The monoisotopic (exact) mass is 316 g/mol. The molecule has 1 aromatic rings. The molecule has 3 aliphatic rings. The Labute approximate surface area is 134 Å². The molecule has 0 radical (unpaired) electrons. The molecular formula is C18H20O5. The molecule has 122 valence electrons. The lowest BCUT2D eigenvalue weighted by molar-refractivity contribution is -0.144. The van der Waals surface area contributed by atoms with Crippen molar-refractivity contribution >= 4 is 11.8 Å². The van der Waals surface area contributed by atoms with E-state index in [1.54, 1.807) is 18.2 Å². The molecule has 5 heteroatoms. The quantitative estimate of drug-likeness (QED) is 0.617. The van der Waals surface area contributed by atoms with E-state index >= 15 is 0 Å². The van der Waals surface area contributed by atoms with E-state index in [0.717, 1.165) is 12.3 Å². The molecule has 3 atom stereocenters. The first-order chi connectivity index (χ1) is 11.2. The predicted molar refractivity (Wildman–Crippen MR) is 81.4 cm³/mol. The van der Waals surface area contributed by atoms with E-state index in [2.05, 4.69) is 0 Å². The molecule has 0 saturated heterocycles. The van der Waals surface area contributed by atoms with Gasteiger partial charge in [0.15, 0.2) is 23.9 Å². The number of esters is 1. The molecule has 2 fully saturated rings. The molecule has 1 aliphatic heterocycles. The van der Waals surface area contributed by atoms with Crippen LogP contribution in [0.5, 0.6) is 11.5 Å². The van der Waals surface area contributed by atoms with Crippen LogP contribution in [-0.4, -0.2) is 25.2 Å². The summed E-state index contributed by atoms with van der Waals surface area (Å²) in [6, 6.07) is 5.00. The lowest BCUT2D eigenvalue weighted by Gasteiger charge is -2.20. The van der Waals surface area contributed by atoms with Crippen molar-refractivity contribution in [2.75, 3.05) is 13.4 Å². The third-order valence-electron chi connectivity index (χ3n) is 5.37. The molecule has 0 unspecified atom stereocenters. The van der Waals surface area contributed by atoms with E-state index < -0.39 is 0 Å². The minimum atomic E-state index is -0.253. The molecule has 5 nitrogen and oxygen atoms in total. The van der Waals surface area contributed by atoms with Gasteiger partial charge in [0.25, 0.3) is 0 Å². The highest BCUT2D eigenvalue weighted by Crippen LogP contribution is 2.49. The number of hydrogen-bond donors (Lipinski definition) is 0. The first-order valence-corrected chi connectivity index (χ1v) is 8.27. The molecule has 0 aromatic heterocycles. The largest absolute Gasteiger partial charge is 0.457 e. The number of carbonyl (C=O) groups is 2. The van der Waals surface area contributed by atoms with Crippen LogP contribution in [0.25, 0.3) is 0 Å². The third-order valence-corrected chi connectivity index (χ3v) is 5.37. The van der Waals surface area contributed by atoms with Gasteiger partial charge in [0.05, 0.1) is 0 Å². The van der Waals surface area contributed by atoms with Crippen molar-refractivity contribution in [1.82, 2.24) is 0 Å². The molecule has 2 saturated carbocycles. The Bertz CT molecular complexity index is 638. The Balaban J connectivity index is 1.28. The molecule has 1 heterocycles. The van der Waals surface area contributed by atoms with Crippen LogP contribution in [0, 0.1) is 17.8 Å². The average Bonchev–Trinajstić information content (AvgIpc) is 3.27.